The molecule has 1 nitrogen and oxygen atoms in total. The van der Waals surface area contributed by atoms with Gasteiger partial charge in [-0.15, -0.1) is 0 Å². The number of methoxy groups -OCH3 is 1. The van der Waals surface area contributed by atoms with Crippen molar-refractivity contribution in [1.29, 1.82) is 0 Å². The summed E-state index contributed by atoms with van der Waals surface area (Å²) in [4.78, 5) is 0. The van der Waals surface area contributed by atoms with Gasteiger partial charge in [-0.1, -0.05) is 38.1 Å². The summed E-state index contributed by atoms with van der Waals surface area (Å²) < 4.78 is 5.21. The fourth-order valence-corrected chi connectivity index (χ4v) is 1.73. The van der Waals surface area contributed by atoms with E-state index >= 15 is 0 Å². The fraction of sp³-hybridized carbons (Fsp3) is 0.286. The Hall–Kier alpha value is -1.50. The molecule has 0 aromatic rings. The third-order valence-corrected chi connectivity index (χ3v) is 2.74. The van der Waals surface area contributed by atoms with E-state index in [4.69, 9.17) is 4.74 Å². The molecule has 1 heteroatoms. The van der Waals surface area contributed by atoms with Gasteiger partial charge in [0.05, 0.1) is 7.11 Å². The molecule has 2 aliphatic carbocycles. The lowest BCUT2D eigenvalue weighted by Crippen LogP contribution is -1.81. The smallest absolute Gasteiger partial charge is 0.120 e. The van der Waals surface area contributed by atoms with Crippen molar-refractivity contribution in [3.05, 3.63) is 42.0 Å². The number of hydrogen-bond donors (Lipinski definition) is 0. The van der Waals surface area contributed by atoms with Gasteiger partial charge in [0.1, 0.15) is 5.75 Å². The third kappa shape index (κ3) is 1.96. The van der Waals surface area contributed by atoms with Crippen molar-refractivity contribution in [2.75, 3.05) is 7.11 Å². The highest BCUT2D eigenvalue weighted by atomic mass is 16.5. The Balaban J connectivity index is 2.50. The Kier molecular flexibility index (Phi) is 2.63. The van der Waals surface area contributed by atoms with Gasteiger partial charge in [-0.05, 0) is 34.7 Å². The van der Waals surface area contributed by atoms with Crippen molar-refractivity contribution in [1.82, 2.24) is 0 Å². The quantitative estimate of drug-likeness (QED) is 0.713. The minimum atomic E-state index is 0.573. The van der Waals surface area contributed by atoms with E-state index in [2.05, 4.69) is 50.2 Å². The van der Waals surface area contributed by atoms with Crippen LogP contribution in [0.2, 0.25) is 0 Å². The molecule has 0 saturated carbocycles. The Morgan fingerprint density at radius 3 is 1.87 bits per heavy atom. The molecule has 78 valence electrons. The maximum absolute atomic E-state index is 5.21. The van der Waals surface area contributed by atoms with Crippen LogP contribution in [0.3, 0.4) is 0 Å². The SMILES string of the molecule is COc1cc2ccc(C(C)C)ccc-2c1. The summed E-state index contributed by atoms with van der Waals surface area (Å²) >= 11 is 0. The predicted octanol–water partition coefficient (Wildman–Crippen LogP) is 3.92. The van der Waals surface area contributed by atoms with Crippen LogP contribution in [0.25, 0.3) is 11.1 Å². The van der Waals surface area contributed by atoms with Crippen LogP contribution in [-0.2, 0) is 0 Å². The lowest BCUT2D eigenvalue weighted by atomic mass is 10.1. The van der Waals surface area contributed by atoms with Gasteiger partial charge in [-0.2, -0.15) is 0 Å². The van der Waals surface area contributed by atoms with Crippen LogP contribution in [0.4, 0.5) is 0 Å². The van der Waals surface area contributed by atoms with Crippen molar-refractivity contribution in [2.45, 2.75) is 19.8 Å². The van der Waals surface area contributed by atoms with E-state index in [1.165, 1.54) is 16.7 Å². The van der Waals surface area contributed by atoms with Crippen LogP contribution in [0.5, 0.6) is 5.75 Å². The summed E-state index contributed by atoms with van der Waals surface area (Å²) in [5, 5.41) is 0. The molecule has 2 aliphatic rings. The lowest BCUT2D eigenvalue weighted by Gasteiger charge is -1.99. The van der Waals surface area contributed by atoms with Gasteiger partial charge in [0.25, 0.3) is 0 Å². The van der Waals surface area contributed by atoms with Crippen molar-refractivity contribution < 1.29 is 4.74 Å². The highest BCUT2D eigenvalue weighted by Gasteiger charge is 2.05. The second kappa shape index (κ2) is 3.93. The molecule has 0 aliphatic heterocycles. The zero-order valence-electron chi connectivity index (χ0n) is 9.45. The summed E-state index contributed by atoms with van der Waals surface area (Å²) in [6, 6.07) is 12.8. The second-order valence-corrected chi connectivity index (χ2v) is 4.13. The molecule has 0 atom stereocenters. The van der Waals surface area contributed by atoms with E-state index in [0.29, 0.717) is 5.92 Å². The Morgan fingerprint density at radius 2 is 1.47 bits per heavy atom. The van der Waals surface area contributed by atoms with Crippen LogP contribution < -0.4 is 4.74 Å². The maximum atomic E-state index is 5.21. The first-order valence-corrected chi connectivity index (χ1v) is 5.28. The minimum absolute atomic E-state index is 0.573. The Morgan fingerprint density at radius 1 is 0.933 bits per heavy atom. The number of hydrogen-bond acceptors (Lipinski definition) is 1. The zero-order chi connectivity index (χ0) is 10.8. The Bertz CT molecular complexity index is 398. The van der Waals surface area contributed by atoms with E-state index < -0.39 is 0 Å². The number of rotatable bonds is 2. The normalized spacial score (nSPS) is 10.9. The first kappa shape index (κ1) is 10.0. The summed E-state index contributed by atoms with van der Waals surface area (Å²) in [6.07, 6.45) is 0. The predicted molar refractivity (Wildman–Crippen MR) is 63.7 cm³/mol. The average Bonchev–Trinajstić information content (AvgIpc) is 2.51. The molecule has 2 rings (SSSR count). The first-order chi connectivity index (χ1) is 7.20. The van der Waals surface area contributed by atoms with Crippen LogP contribution in [0, 0.1) is 0 Å². The third-order valence-electron chi connectivity index (χ3n) is 2.74. The topological polar surface area (TPSA) is 9.23 Å². The molecule has 0 N–H and O–H groups in total. The highest BCUT2D eigenvalue weighted by molar-refractivity contribution is 5.70. The van der Waals surface area contributed by atoms with E-state index in [9.17, 15) is 0 Å². The molecule has 15 heavy (non-hydrogen) atoms. The first-order valence-electron chi connectivity index (χ1n) is 5.28. The van der Waals surface area contributed by atoms with E-state index in [-0.39, 0.29) is 0 Å². The molecule has 0 aromatic heterocycles. The van der Waals surface area contributed by atoms with Crippen molar-refractivity contribution in [3.8, 4) is 16.9 Å². The van der Waals surface area contributed by atoms with Crippen molar-refractivity contribution >= 4 is 0 Å². The average molecular weight is 200 g/mol. The molecule has 0 fully saturated rings. The van der Waals surface area contributed by atoms with Gasteiger partial charge in [0.2, 0.25) is 0 Å². The molecular formula is C14H16O. The maximum Gasteiger partial charge on any atom is 0.120 e. The van der Waals surface area contributed by atoms with E-state index in [0.717, 1.165) is 5.75 Å². The lowest BCUT2D eigenvalue weighted by molar-refractivity contribution is 0.416. The van der Waals surface area contributed by atoms with Crippen LogP contribution in [0.15, 0.2) is 36.4 Å². The molecule has 0 amide bonds. The molecule has 0 spiro atoms. The fourth-order valence-electron chi connectivity index (χ4n) is 1.73. The minimum Gasteiger partial charge on any atom is -0.497 e. The monoisotopic (exact) mass is 200 g/mol. The molecule has 0 saturated heterocycles. The van der Waals surface area contributed by atoms with Crippen LogP contribution in [0.1, 0.15) is 25.3 Å². The van der Waals surface area contributed by atoms with Gasteiger partial charge in [0, 0.05) is 0 Å². The van der Waals surface area contributed by atoms with Crippen LogP contribution >= 0.6 is 0 Å². The second-order valence-electron chi connectivity index (χ2n) is 4.13. The molecule has 0 heterocycles. The Labute approximate surface area is 91.0 Å². The molecule has 0 unspecified atom stereocenters. The number of ether oxygens (including phenoxy) is 1. The highest BCUT2D eigenvalue weighted by Crippen LogP contribution is 2.30. The molecule has 0 bridgehead atoms. The van der Waals surface area contributed by atoms with E-state index in [1.807, 2.05) is 0 Å². The summed E-state index contributed by atoms with van der Waals surface area (Å²) in [5.74, 6) is 1.51. The largest absolute Gasteiger partial charge is 0.497 e. The van der Waals surface area contributed by atoms with Gasteiger partial charge in [-0.3, -0.25) is 0 Å². The molecular weight excluding hydrogens is 184 g/mol. The summed E-state index contributed by atoms with van der Waals surface area (Å²) in [6.45, 7) is 4.42. The van der Waals surface area contributed by atoms with Crippen LogP contribution in [-0.4, -0.2) is 7.11 Å². The van der Waals surface area contributed by atoms with Gasteiger partial charge >= 0.3 is 0 Å². The standard InChI is InChI=1S/C14H16O/c1-10(2)11-4-6-12-8-14(15-3)9-13(12)7-5-11/h4-10H,1-3H3. The van der Waals surface area contributed by atoms with Gasteiger partial charge < -0.3 is 4.74 Å². The summed E-state index contributed by atoms with van der Waals surface area (Å²) in [5.41, 5.74) is 3.84. The molecule has 0 radical (unpaired) electrons. The van der Waals surface area contributed by atoms with Crippen molar-refractivity contribution in [2.24, 2.45) is 0 Å². The number of fused-ring (bicyclic) bond motifs is 1. The molecule has 0 aromatic carbocycles. The van der Waals surface area contributed by atoms with Crippen molar-refractivity contribution in [3.63, 3.8) is 0 Å². The van der Waals surface area contributed by atoms with Gasteiger partial charge in [-0.25, -0.2) is 0 Å². The van der Waals surface area contributed by atoms with Gasteiger partial charge in [0.15, 0.2) is 0 Å². The zero-order valence-corrected chi connectivity index (χ0v) is 9.45. The van der Waals surface area contributed by atoms with E-state index in [1.54, 1.807) is 7.11 Å². The summed E-state index contributed by atoms with van der Waals surface area (Å²) in [7, 11) is 1.70.